The Kier molecular flexibility index (Phi) is 8.79. The van der Waals surface area contributed by atoms with Gasteiger partial charge < -0.3 is 10.2 Å². The first-order chi connectivity index (χ1) is 9.51. The fraction of sp³-hybridized carbons (Fsp3) is 1.00. The van der Waals surface area contributed by atoms with Crippen molar-refractivity contribution in [1.82, 2.24) is 10.2 Å². The first-order valence-corrected chi connectivity index (χ1v) is 8.99. The quantitative estimate of drug-likeness (QED) is 0.678. The summed E-state index contributed by atoms with van der Waals surface area (Å²) < 4.78 is 0. The lowest BCUT2D eigenvalue weighted by Crippen LogP contribution is -2.47. The molecular weight excluding hydrogens is 244 g/mol. The van der Waals surface area contributed by atoms with Crippen molar-refractivity contribution in [3.8, 4) is 0 Å². The van der Waals surface area contributed by atoms with E-state index in [-0.39, 0.29) is 0 Å². The van der Waals surface area contributed by atoms with Crippen molar-refractivity contribution in [2.45, 2.75) is 85.2 Å². The summed E-state index contributed by atoms with van der Waals surface area (Å²) in [6.07, 6.45) is 8.03. The van der Waals surface area contributed by atoms with Crippen molar-refractivity contribution in [1.29, 1.82) is 0 Å². The lowest BCUT2D eigenvalue weighted by molar-refractivity contribution is 0.181. The monoisotopic (exact) mass is 282 g/mol. The van der Waals surface area contributed by atoms with Gasteiger partial charge in [0.15, 0.2) is 0 Å². The molecule has 1 aliphatic heterocycles. The minimum Gasteiger partial charge on any atom is -0.311 e. The van der Waals surface area contributed by atoms with Crippen LogP contribution in [-0.2, 0) is 0 Å². The van der Waals surface area contributed by atoms with Crippen LogP contribution >= 0.6 is 0 Å². The van der Waals surface area contributed by atoms with Crippen LogP contribution in [-0.4, -0.2) is 36.6 Å². The fourth-order valence-corrected chi connectivity index (χ4v) is 3.41. The van der Waals surface area contributed by atoms with Gasteiger partial charge in [-0.3, -0.25) is 0 Å². The third-order valence-corrected chi connectivity index (χ3v) is 4.40. The van der Waals surface area contributed by atoms with Crippen LogP contribution in [0.15, 0.2) is 0 Å². The maximum Gasteiger partial charge on any atom is 0.00940 e. The molecule has 1 saturated heterocycles. The van der Waals surface area contributed by atoms with E-state index in [1.807, 2.05) is 0 Å². The third kappa shape index (κ3) is 7.64. The predicted molar refractivity (Wildman–Crippen MR) is 90.2 cm³/mol. The molecular formula is C18H38N2. The first kappa shape index (κ1) is 18.0. The molecule has 1 rings (SSSR count). The zero-order valence-electron chi connectivity index (χ0n) is 14.6. The van der Waals surface area contributed by atoms with Gasteiger partial charge in [-0.2, -0.15) is 0 Å². The summed E-state index contributed by atoms with van der Waals surface area (Å²) in [5, 5.41) is 3.97. The van der Waals surface area contributed by atoms with Crippen molar-refractivity contribution in [2.24, 2.45) is 11.8 Å². The Morgan fingerprint density at radius 2 is 1.55 bits per heavy atom. The standard InChI is InChI=1S/C18H38N2/c1-6-7-10-20-11-8-17(9-12-20)19-18(13-15(2)3)14-16(4)5/h15-19H,6-14H2,1-5H3. The van der Waals surface area contributed by atoms with E-state index in [4.69, 9.17) is 0 Å². The highest BCUT2D eigenvalue weighted by Gasteiger charge is 2.22. The molecule has 0 bridgehead atoms. The molecule has 0 amide bonds. The van der Waals surface area contributed by atoms with Crippen LogP contribution in [0.1, 0.15) is 73.1 Å². The summed E-state index contributed by atoms with van der Waals surface area (Å²) in [6, 6.07) is 1.48. The van der Waals surface area contributed by atoms with E-state index in [2.05, 4.69) is 44.8 Å². The highest BCUT2D eigenvalue weighted by molar-refractivity contribution is 4.81. The number of likely N-dealkylation sites (tertiary alicyclic amines) is 1. The summed E-state index contributed by atoms with van der Waals surface area (Å²) in [6.45, 7) is 15.6. The summed E-state index contributed by atoms with van der Waals surface area (Å²) in [7, 11) is 0. The molecule has 0 unspecified atom stereocenters. The molecule has 1 aliphatic rings. The maximum atomic E-state index is 3.97. The molecule has 0 aromatic rings. The molecule has 120 valence electrons. The van der Waals surface area contributed by atoms with E-state index in [9.17, 15) is 0 Å². The van der Waals surface area contributed by atoms with E-state index in [1.54, 1.807) is 0 Å². The second-order valence-corrected chi connectivity index (χ2v) is 7.59. The number of unbranched alkanes of at least 4 members (excludes halogenated alkanes) is 1. The molecule has 0 aromatic heterocycles. The Labute approximate surface area is 127 Å². The third-order valence-electron chi connectivity index (χ3n) is 4.40. The lowest BCUT2D eigenvalue weighted by atomic mass is 9.93. The van der Waals surface area contributed by atoms with E-state index in [0.29, 0.717) is 0 Å². The SMILES string of the molecule is CCCCN1CCC(NC(CC(C)C)CC(C)C)CC1. The molecule has 1 N–H and O–H groups in total. The van der Waals surface area contributed by atoms with Crippen molar-refractivity contribution >= 4 is 0 Å². The maximum absolute atomic E-state index is 3.97. The largest absolute Gasteiger partial charge is 0.311 e. The molecule has 20 heavy (non-hydrogen) atoms. The van der Waals surface area contributed by atoms with Gasteiger partial charge in [-0.15, -0.1) is 0 Å². The predicted octanol–water partition coefficient (Wildman–Crippen LogP) is 4.30. The fourth-order valence-electron chi connectivity index (χ4n) is 3.41. The van der Waals surface area contributed by atoms with Gasteiger partial charge >= 0.3 is 0 Å². The van der Waals surface area contributed by atoms with E-state index < -0.39 is 0 Å². The van der Waals surface area contributed by atoms with Crippen LogP contribution in [0.3, 0.4) is 0 Å². The topological polar surface area (TPSA) is 15.3 Å². The Bertz CT molecular complexity index is 220. The Morgan fingerprint density at radius 3 is 2.00 bits per heavy atom. The average molecular weight is 283 g/mol. The van der Waals surface area contributed by atoms with Gasteiger partial charge in [0.1, 0.15) is 0 Å². The van der Waals surface area contributed by atoms with Crippen molar-refractivity contribution < 1.29 is 0 Å². The summed E-state index contributed by atoms with van der Waals surface area (Å²) in [5.41, 5.74) is 0. The second kappa shape index (κ2) is 9.78. The van der Waals surface area contributed by atoms with Gasteiger partial charge in [0.05, 0.1) is 0 Å². The molecule has 0 spiro atoms. The van der Waals surface area contributed by atoms with Gasteiger partial charge in [-0.25, -0.2) is 0 Å². The normalized spacial score (nSPS) is 18.6. The van der Waals surface area contributed by atoms with E-state index >= 15 is 0 Å². The lowest BCUT2D eigenvalue weighted by Gasteiger charge is -2.35. The van der Waals surface area contributed by atoms with Crippen molar-refractivity contribution in [3.63, 3.8) is 0 Å². The molecule has 1 heterocycles. The number of hydrogen-bond donors (Lipinski definition) is 1. The van der Waals surface area contributed by atoms with E-state index in [1.165, 1.54) is 58.2 Å². The van der Waals surface area contributed by atoms with Crippen LogP contribution in [0, 0.1) is 11.8 Å². The number of nitrogens with zero attached hydrogens (tertiary/aromatic N) is 1. The highest BCUT2D eigenvalue weighted by atomic mass is 15.1. The minimum atomic E-state index is 0.724. The molecule has 0 aliphatic carbocycles. The molecule has 0 aromatic carbocycles. The molecule has 1 fully saturated rings. The summed E-state index contributed by atoms with van der Waals surface area (Å²) in [5.74, 6) is 1.60. The summed E-state index contributed by atoms with van der Waals surface area (Å²) in [4.78, 5) is 2.65. The zero-order valence-corrected chi connectivity index (χ0v) is 14.6. The van der Waals surface area contributed by atoms with Crippen LogP contribution in [0.5, 0.6) is 0 Å². The Hall–Kier alpha value is -0.0800. The number of nitrogens with one attached hydrogen (secondary N) is 1. The summed E-state index contributed by atoms with van der Waals surface area (Å²) >= 11 is 0. The molecule has 0 atom stereocenters. The van der Waals surface area contributed by atoms with Gasteiger partial charge in [0.2, 0.25) is 0 Å². The minimum absolute atomic E-state index is 0.724. The van der Waals surface area contributed by atoms with Gasteiger partial charge in [-0.05, 0) is 63.6 Å². The molecule has 2 heteroatoms. The number of piperidine rings is 1. The van der Waals surface area contributed by atoms with Crippen LogP contribution < -0.4 is 5.32 Å². The zero-order chi connectivity index (χ0) is 15.0. The Balaban J connectivity index is 2.31. The van der Waals surface area contributed by atoms with Crippen molar-refractivity contribution in [2.75, 3.05) is 19.6 Å². The van der Waals surface area contributed by atoms with Crippen molar-refractivity contribution in [3.05, 3.63) is 0 Å². The Morgan fingerprint density at radius 1 is 1.00 bits per heavy atom. The highest BCUT2D eigenvalue weighted by Crippen LogP contribution is 2.17. The van der Waals surface area contributed by atoms with Crippen LogP contribution in [0.25, 0.3) is 0 Å². The number of rotatable bonds is 9. The molecule has 0 saturated carbocycles. The van der Waals surface area contributed by atoms with Gasteiger partial charge in [0.25, 0.3) is 0 Å². The second-order valence-electron chi connectivity index (χ2n) is 7.59. The van der Waals surface area contributed by atoms with Gasteiger partial charge in [-0.1, -0.05) is 41.0 Å². The molecule has 0 radical (unpaired) electrons. The average Bonchev–Trinajstić information content (AvgIpc) is 2.36. The number of hydrogen-bond acceptors (Lipinski definition) is 2. The van der Waals surface area contributed by atoms with Crippen LogP contribution in [0.4, 0.5) is 0 Å². The van der Waals surface area contributed by atoms with E-state index in [0.717, 1.165) is 23.9 Å². The van der Waals surface area contributed by atoms with Crippen LogP contribution in [0.2, 0.25) is 0 Å². The smallest absolute Gasteiger partial charge is 0.00940 e. The first-order valence-electron chi connectivity index (χ1n) is 8.99. The molecule has 2 nitrogen and oxygen atoms in total. The van der Waals surface area contributed by atoms with Gasteiger partial charge in [0, 0.05) is 12.1 Å².